The smallest absolute Gasteiger partial charge is 0.251 e. The maximum Gasteiger partial charge on any atom is 0.251 e. The Bertz CT molecular complexity index is 502. The number of nitrogens with zero attached hydrogens (tertiary/aromatic N) is 1. The van der Waals surface area contributed by atoms with E-state index in [0.717, 1.165) is 19.5 Å². The second-order valence-electron chi connectivity index (χ2n) is 5.60. The van der Waals surface area contributed by atoms with Gasteiger partial charge in [0.1, 0.15) is 5.82 Å². The zero-order chi connectivity index (χ0) is 15.2. The summed E-state index contributed by atoms with van der Waals surface area (Å²) in [6, 6.07) is 5.35. The highest BCUT2D eigenvalue weighted by molar-refractivity contribution is 5.94. The molecular weight excluding hydrogens is 271 g/mol. The van der Waals surface area contributed by atoms with E-state index in [-0.39, 0.29) is 17.6 Å². The first-order valence-corrected chi connectivity index (χ1v) is 7.38. The Balaban J connectivity index is 1.74. The van der Waals surface area contributed by atoms with Gasteiger partial charge < -0.3 is 10.2 Å². The Hall–Kier alpha value is -1.91. The molecule has 4 nitrogen and oxygen atoms in total. The molecule has 1 saturated heterocycles. The van der Waals surface area contributed by atoms with E-state index in [9.17, 15) is 14.0 Å². The molecule has 5 heteroatoms. The van der Waals surface area contributed by atoms with E-state index in [1.807, 2.05) is 4.90 Å². The Labute approximate surface area is 124 Å². The minimum absolute atomic E-state index is 0.0842. The van der Waals surface area contributed by atoms with Crippen molar-refractivity contribution >= 4 is 11.8 Å². The summed E-state index contributed by atoms with van der Waals surface area (Å²) in [6.07, 6.45) is 2.53. The first-order valence-electron chi connectivity index (χ1n) is 7.38. The van der Waals surface area contributed by atoms with Gasteiger partial charge in [0, 0.05) is 31.6 Å². The summed E-state index contributed by atoms with van der Waals surface area (Å²) in [5.41, 5.74) is 0.399. The third kappa shape index (κ3) is 4.55. The number of amides is 2. The van der Waals surface area contributed by atoms with Gasteiger partial charge in [-0.15, -0.1) is 0 Å². The quantitative estimate of drug-likeness (QED) is 0.925. The number of benzene rings is 1. The normalized spacial score (nSPS) is 18.4. The first kappa shape index (κ1) is 15.5. The van der Waals surface area contributed by atoms with Gasteiger partial charge in [0.15, 0.2) is 0 Å². The topological polar surface area (TPSA) is 49.4 Å². The van der Waals surface area contributed by atoms with Crippen molar-refractivity contribution in [3.8, 4) is 0 Å². The maximum absolute atomic E-state index is 12.8. The minimum atomic E-state index is -0.374. The number of likely N-dealkylation sites (tertiary alicyclic amines) is 1. The van der Waals surface area contributed by atoms with Gasteiger partial charge in [-0.1, -0.05) is 6.92 Å². The highest BCUT2D eigenvalue weighted by Gasteiger charge is 2.20. The molecule has 0 aromatic heterocycles. The van der Waals surface area contributed by atoms with E-state index < -0.39 is 0 Å². The average molecular weight is 292 g/mol. The lowest BCUT2D eigenvalue weighted by atomic mass is 10.00. The second kappa shape index (κ2) is 7.20. The summed E-state index contributed by atoms with van der Waals surface area (Å²) in [7, 11) is 0. The summed E-state index contributed by atoms with van der Waals surface area (Å²) in [5, 5.41) is 2.69. The molecule has 2 rings (SSSR count). The van der Waals surface area contributed by atoms with Gasteiger partial charge in [-0.3, -0.25) is 9.59 Å². The number of carbonyl (C=O) groups is 2. The van der Waals surface area contributed by atoms with Gasteiger partial charge in [0.05, 0.1) is 0 Å². The van der Waals surface area contributed by atoms with Crippen LogP contribution in [0, 0.1) is 11.7 Å². The number of nitrogens with one attached hydrogen (secondary N) is 1. The van der Waals surface area contributed by atoms with Crippen molar-refractivity contribution in [3.63, 3.8) is 0 Å². The number of hydrogen-bond acceptors (Lipinski definition) is 2. The molecule has 1 atom stereocenters. The predicted octanol–water partition coefficient (Wildman–Crippen LogP) is 2.20. The molecule has 0 bridgehead atoms. The zero-order valence-corrected chi connectivity index (χ0v) is 12.3. The lowest BCUT2D eigenvalue weighted by Crippen LogP contribution is -2.40. The number of piperidine rings is 1. The van der Waals surface area contributed by atoms with Crippen molar-refractivity contribution in [2.45, 2.75) is 26.2 Å². The highest BCUT2D eigenvalue weighted by Crippen LogP contribution is 2.15. The van der Waals surface area contributed by atoms with Gasteiger partial charge in [-0.2, -0.15) is 0 Å². The summed E-state index contributed by atoms with van der Waals surface area (Å²) in [5.74, 6) is -0.0202. The van der Waals surface area contributed by atoms with Gasteiger partial charge in [-0.05, 0) is 43.0 Å². The molecule has 0 radical (unpaired) electrons. The molecule has 1 aromatic carbocycles. The van der Waals surface area contributed by atoms with Crippen molar-refractivity contribution < 1.29 is 14.0 Å². The largest absolute Gasteiger partial charge is 0.352 e. The lowest BCUT2D eigenvalue weighted by molar-refractivity contribution is -0.132. The van der Waals surface area contributed by atoms with Gasteiger partial charge in [0.2, 0.25) is 5.91 Å². The minimum Gasteiger partial charge on any atom is -0.352 e. The molecule has 1 fully saturated rings. The summed E-state index contributed by atoms with van der Waals surface area (Å²) < 4.78 is 12.8. The fraction of sp³-hybridized carbons (Fsp3) is 0.500. The van der Waals surface area contributed by atoms with Crippen molar-refractivity contribution in [1.29, 1.82) is 0 Å². The maximum atomic E-state index is 12.8. The van der Waals surface area contributed by atoms with E-state index >= 15 is 0 Å². The van der Waals surface area contributed by atoms with Crippen molar-refractivity contribution in [2.75, 3.05) is 19.6 Å². The van der Waals surface area contributed by atoms with Crippen LogP contribution in [-0.4, -0.2) is 36.3 Å². The van der Waals surface area contributed by atoms with Gasteiger partial charge in [-0.25, -0.2) is 4.39 Å². The van der Waals surface area contributed by atoms with Crippen molar-refractivity contribution in [2.24, 2.45) is 5.92 Å². The van der Waals surface area contributed by atoms with Crippen molar-refractivity contribution in [1.82, 2.24) is 10.2 Å². The molecule has 1 heterocycles. The molecule has 1 aliphatic rings. The van der Waals surface area contributed by atoms with Gasteiger partial charge in [0.25, 0.3) is 5.91 Å². The number of halogens is 1. The molecule has 114 valence electrons. The van der Waals surface area contributed by atoms with Crippen LogP contribution in [0.2, 0.25) is 0 Å². The van der Waals surface area contributed by atoms with Crippen LogP contribution >= 0.6 is 0 Å². The molecule has 0 saturated carbocycles. The third-order valence-electron chi connectivity index (χ3n) is 3.74. The monoisotopic (exact) mass is 292 g/mol. The van der Waals surface area contributed by atoms with Gasteiger partial charge >= 0.3 is 0 Å². The van der Waals surface area contributed by atoms with E-state index in [1.165, 1.54) is 30.7 Å². The van der Waals surface area contributed by atoms with Crippen LogP contribution in [0.5, 0.6) is 0 Å². The predicted molar refractivity (Wildman–Crippen MR) is 78.3 cm³/mol. The van der Waals surface area contributed by atoms with Crippen LogP contribution in [0.15, 0.2) is 24.3 Å². The standard InChI is InChI=1S/C16H21FN2O2/c1-12-3-2-10-19(11-12)15(20)8-9-18-16(21)13-4-6-14(17)7-5-13/h4-7,12H,2-3,8-11H2,1H3,(H,18,21)/t12-/m1/s1. The van der Waals surface area contributed by atoms with Crippen LogP contribution in [0.1, 0.15) is 36.5 Å². The van der Waals surface area contributed by atoms with Crippen LogP contribution in [0.4, 0.5) is 4.39 Å². The van der Waals surface area contributed by atoms with E-state index in [0.29, 0.717) is 24.4 Å². The number of carbonyl (C=O) groups excluding carboxylic acids is 2. The van der Waals surface area contributed by atoms with Crippen LogP contribution in [0.3, 0.4) is 0 Å². The van der Waals surface area contributed by atoms with Crippen LogP contribution in [0.25, 0.3) is 0 Å². The summed E-state index contributed by atoms with van der Waals surface area (Å²) in [6.45, 7) is 4.08. The van der Waals surface area contributed by atoms with E-state index in [4.69, 9.17) is 0 Å². The van der Waals surface area contributed by atoms with Crippen molar-refractivity contribution in [3.05, 3.63) is 35.6 Å². The molecular formula is C16H21FN2O2. The summed E-state index contributed by atoms with van der Waals surface area (Å²) in [4.78, 5) is 25.7. The Morgan fingerprint density at radius 1 is 1.33 bits per heavy atom. The molecule has 1 aliphatic heterocycles. The molecule has 0 unspecified atom stereocenters. The average Bonchev–Trinajstić information content (AvgIpc) is 2.47. The number of rotatable bonds is 4. The second-order valence-corrected chi connectivity index (χ2v) is 5.60. The summed E-state index contributed by atoms with van der Waals surface area (Å²) >= 11 is 0. The fourth-order valence-corrected chi connectivity index (χ4v) is 2.56. The van der Waals surface area contributed by atoms with Crippen LogP contribution < -0.4 is 5.32 Å². The van der Waals surface area contributed by atoms with E-state index in [1.54, 1.807) is 0 Å². The van der Waals surface area contributed by atoms with Crippen LogP contribution in [-0.2, 0) is 4.79 Å². The van der Waals surface area contributed by atoms with E-state index in [2.05, 4.69) is 12.2 Å². The number of hydrogen-bond donors (Lipinski definition) is 1. The Morgan fingerprint density at radius 2 is 2.05 bits per heavy atom. The SMILES string of the molecule is C[C@@H]1CCCN(C(=O)CCNC(=O)c2ccc(F)cc2)C1. The Kier molecular flexibility index (Phi) is 5.31. The fourth-order valence-electron chi connectivity index (χ4n) is 2.56. The molecule has 2 amide bonds. The molecule has 0 spiro atoms. The Morgan fingerprint density at radius 3 is 2.71 bits per heavy atom. The molecule has 1 aromatic rings. The molecule has 1 N–H and O–H groups in total. The first-order chi connectivity index (χ1) is 10.1. The zero-order valence-electron chi connectivity index (χ0n) is 12.3. The highest BCUT2D eigenvalue weighted by atomic mass is 19.1. The molecule has 0 aliphatic carbocycles. The lowest BCUT2D eigenvalue weighted by Gasteiger charge is -2.31. The molecule has 21 heavy (non-hydrogen) atoms. The third-order valence-corrected chi connectivity index (χ3v) is 3.74.